The first-order valence-corrected chi connectivity index (χ1v) is 10.9. The van der Waals surface area contributed by atoms with E-state index in [2.05, 4.69) is 10.5 Å². The first-order chi connectivity index (χ1) is 15.0. The minimum atomic E-state index is -0.769. The van der Waals surface area contributed by atoms with E-state index >= 15 is 0 Å². The Balaban J connectivity index is 1.53. The van der Waals surface area contributed by atoms with Crippen molar-refractivity contribution in [3.63, 3.8) is 0 Å². The number of carbonyl (C=O) groups excluding carboxylic acids is 2. The van der Waals surface area contributed by atoms with Crippen LogP contribution < -0.4 is 14.9 Å². The fraction of sp³-hybridized carbons (Fsp3) is 0.136. The van der Waals surface area contributed by atoms with Crippen LogP contribution in [0.2, 0.25) is 10.0 Å². The Morgan fingerprint density at radius 3 is 2.58 bits per heavy atom. The average Bonchev–Trinajstić information content (AvgIpc) is 3.29. The molecule has 0 aliphatic rings. The van der Waals surface area contributed by atoms with E-state index < -0.39 is 18.0 Å². The van der Waals surface area contributed by atoms with E-state index in [1.54, 1.807) is 54.6 Å². The third-order valence-electron chi connectivity index (χ3n) is 4.03. The zero-order valence-corrected chi connectivity index (χ0v) is 18.7. The fourth-order valence-corrected chi connectivity index (χ4v) is 3.51. The zero-order chi connectivity index (χ0) is 22.2. The van der Waals surface area contributed by atoms with Crippen LogP contribution in [0.4, 0.5) is 0 Å². The van der Waals surface area contributed by atoms with E-state index in [0.29, 0.717) is 38.4 Å². The van der Waals surface area contributed by atoms with Crippen molar-refractivity contribution in [3.05, 3.63) is 80.5 Å². The van der Waals surface area contributed by atoms with Gasteiger partial charge in [-0.15, -0.1) is 11.3 Å². The highest BCUT2D eigenvalue weighted by molar-refractivity contribution is 7.12. The summed E-state index contributed by atoms with van der Waals surface area (Å²) in [5.74, 6) is -0.0371. The smallest absolute Gasteiger partial charge is 0.353 e. The van der Waals surface area contributed by atoms with Gasteiger partial charge in [-0.2, -0.15) is 5.10 Å². The summed E-state index contributed by atoms with van der Waals surface area (Å²) in [6, 6.07) is 15.0. The Morgan fingerprint density at radius 1 is 1.16 bits per heavy atom. The minimum absolute atomic E-state index is 0.321. The molecule has 0 saturated heterocycles. The largest absolute Gasteiger partial charge is 0.479 e. The molecule has 0 radical (unpaired) electrons. The van der Waals surface area contributed by atoms with Crippen molar-refractivity contribution >= 4 is 52.6 Å². The van der Waals surface area contributed by atoms with Crippen LogP contribution in [0.15, 0.2) is 65.1 Å². The van der Waals surface area contributed by atoms with Gasteiger partial charge >= 0.3 is 5.97 Å². The van der Waals surface area contributed by atoms with Crippen LogP contribution in [0.5, 0.6) is 11.5 Å². The van der Waals surface area contributed by atoms with Crippen LogP contribution in [0.3, 0.4) is 0 Å². The summed E-state index contributed by atoms with van der Waals surface area (Å²) in [6.07, 6.45) is 1.13. The molecule has 0 aliphatic heterocycles. The summed E-state index contributed by atoms with van der Waals surface area (Å²) in [7, 11) is 0. The first kappa shape index (κ1) is 22.8. The molecule has 1 unspecified atom stereocenters. The summed E-state index contributed by atoms with van der Waals surface area (Å²) in [5, 5.41) is 6.56. The number of benzene rings is 2. The number of esters is 1. The molecule has 31 heavy (non-hydrogen) atoms. The highest BCUT2D eigenvalue weighted by atomic mass is 35.5. The lowest BCUT2D eigenvalue weighted by Gasteiger charge is -2.16. The normalized spacial score (nSPS) is 11.8. The lowest BCUT2D eigenvalue weighted by Crippen LogP contribution is -2.35. The van der Waals surface area contributed by atoms with Gasteiger partial charge in [0.25, 0.3) is 5.91 Å². The zero-order valence-electron chi connectivity index (χ0n) is 16.4. The van der Waals surface area contributed by atoms with Crippen LogP contribution in [-0.4, -0.2) is 24.2 Å². The number of carbonyl (C=O) groups is 2. The maximum Gasteiger partial charge on any atom is 0.353 e. The van der Waals surface area contributed by atoms with Gasteiger partial charge in [0.05, 0.1) is 11.2 Å². The number of hydrazone groups is 1. The van der Waals surface area contributed by atoms with E-state index in [1.165, 1.54) is 17.6 Å². The van der Waals surface area contributed by atoms with E-state index in [4.69, 9.17) is 32.7 Å². The topological polar surface area (TPSA) is 77.0 Å². The maximum atomic E-state index is 12.4. The van der Waals surface area contributed by atoms with Crippen LogP contribution in [0, 0.1) is 0 Å². The van der Waals surface area contributed by atoms with Crippen LogP contribution >= 0.6 is 34.5 Å². The Morgan fingerprint density at radius 2 is 1.94 bits per heavy atom. The Kier molecular flexibility index (Phi) is 8.06. The number of amides is 1. The molecule has 1 aromatic heterocycles. The van der Waals surface area contributed by atoms with Crippen molar-refractivity contribution in [3.8, 4) is 11.5 Å². The predicted molar refractivity (Wildman–Crippen MR) is 123 cm³/mol. The van der Waals surface area contributed by atoms with Gasteiger partial charge in [-0.3, -0.25) is 4.79 Å². The van der Waals surface area contributed by atoms with Crippen molar-refractivity contribution in [2.24, 2.45) is 5.10 Å². The molecule has 0 spiro atoms. The minimum Gasteiger partial charge on any atom is -0.479 e. The molecule has 0 saturated carbocycles. The molecule has 0 bridgehead atoms. The lowest BCUT2D eigenvalue weighted by atomic mass is 10.2. The molecular weight excluding hydrogens is 459 g/mol. The van der Waals surface area contributed by atoms with Gasteiger partial charge in [0.15, 0.2) is 6.10 Å². The second-order valence-corrected chi connectivity index (χ2v) is 8.05. The van der Waals surface area contributed by atoms with Crippen LogP contribution in [0.25, 0.3) is 0 Å². The third-order valence-corrected chi connectivity index (χ3v) is 5.41. The fourth-order valence-electron chi connectivity index (χ4n) is 2.46. The summed E-state index contributed by atoms with van der Waals surface area (Å²) < 4.78 is 11.0. The standard InChI is InChI=1S/C22H18Cl2N2O4S/c1-2-18(30-19-10-7-15(23)12-17(19)24)21(27)26-25-13-14-5-8-16(9-6-14)29-22(28)20-4-3-11-31-20/h3-13,18H,2H2,1H3,(H,26,27). The molecule has 0 aliphatic carbocycles. The Bertz CT molecular complexity index is 1070. The van der Waals surface area contributed by atoms with Gasteiger partial charge in [0.2, 0.25) is 0 Å². The summed E-state index contributed by atoms with van der Waals surface area (Å²) in [6.45, 7) is 1.81. The highest BCUT2D eigenvalue weighted by Crippen LogP contribution is 2.28. The Hall–Kier alpha value is -2.87. The van der Waals surface area contributed by atoms with E-state index in [1.807, 2.05) is 12.3 Å². The maximum absolute atomic E-state index is 12.4. The van der Waals surface area contributed by atoms with Gasteiger partial charge < -0.3 is 9.47 Å². The molecule has 3 rings (SSSR count). The summed E-state index contributed by atoms with van der Waals surface area (Å²) in [5.41, 5.74) is 3.16. The van der Waals surface area contributed by atoms with Gasteiger partial charge in [0.1, 0.15) is 16.4 Å². The second-order valence-electron chi connectivity index (χ2n) is 6.26. The molecular formula is C22H18Cl2N2O4S. The first-order valence-electron chi connectivity index (χ1n) is 9.26. The number of nitrogens with zero attached hydrogens (tertiary/aromatic N) is 1. The highest BCUT2D eigenvalue weighted by Gasteiger charge is 2.19. The lowest BCUT2D eigenvalue weighted by molar-refractivity contribution is -0.128. The number of hydrogen-bond donors (Lipinski definition) is 1. The van der Waals surface area contributed by atoms with Crippen molar-refractivity contribution < 1.29 is 19.1 Å². The molecule has 1 heterocycles. The van der Waals surface area contributed by atoms with E-state index in [0.717, 1.165) is 0 Å². The molecule has 0 fully saturated rings. The quantitative estimate of drug-likeness (QED) is 0.199. The molecule has 1 amide bonds. The molecule has 3 aromatic rings. The number of hydrogen-bond acceptors (Lipinski definition) is 6. The van der Waals surface area contributed by atoms with Crippen molar-refractivity contribution in [2.45, 2.75) is 19.4 Å². The number of nitrogens with one attached hydrogen (secondary N) is 1. The molecule has 1 atom stereocenters. The molecule has 2 aromatic carbocycles. The Labute approximate surface area is 193 Å². The van der Waals surface area contributed by atoms with Crippen molar-refractivity contribution in [1.82, 2.24) is 5.43 Å². The van der Waals surface area contributed by atoms with Gasteiger partial charge in [-0.1, -0.05) is 36.2 Å². The van der Waals surface area contributed by atoms with E-state index in [9.17, 15) is 9.59 Å². The summed E-state index contributed by atoms with van der Waals surface area (Å²) >= 11 is 13.3. The van der Waals surface area contributed by atoms with Crippen molar-refractivity contribution in [2.75, 3.05) is 0 Å². The predicted octanol–water partition coefficient (Wildman–Crippen LogP) is 5.58. The third kappa shape index (κ3) is 6.55. The van der Waals surface area contributed by atoms with Gasteiger partial charge in [-0.25, -0.2) is 10.2 Å². The van der Waals surface area contributed by atoms with Crippen LogP contribution in [-0.2, 0) is 4.79 Å². The van der Waals surface area contributed by atoms with Gasteiger partial charge in [-0.05, 0) is 65.9 Å². The monoisotopic (exact) mass is 476 g/mol. The van der Waals surface area contributed by atoms with Crippen molar-refractivity contribution in [1.29, 1.82) is 0 Å². The van der Waals surface area contributed by atoms with Crippen LogP contribution in [0.1, 0.15) is 28.6 Å². The number of thiophene rings is 1. The van der Waals surface area contributed by atoms with Gasteiger partial charge in [0, 0.05) is 5.02 Å². The average molecular weight is 477 g/mol. The number of rotatable bonds is 8. The van der Waals surface area contributed by atoms with E-state index in [-0.39, 0.29) is 0 Å². The molecule has 6 nitrogen and oxygen atoms in total. The second kappa shape index (κ2) is 10.9. The summed E-state index contributed by atoms with van der Waals surface area (Å²) in [4.78, 5) is 24.8. The molecule has 160 valence electrons. The molecule has 1 N–H and O–H groups in total. The number of halogens is 2. The SMILES string of the molecule is CCC(Oc1ccc(Cl)cc1Cl)C(=O)NN=Cc1ccc(OC(=O)c2cccs2)cc1. The molecule has 9 heteroatoms. The number of ether oxygens (including phenoxy) is 2.